The SMILES string of the molecule is COc1cc(C2CCN(c3cc(Cl)c(I)cc3F)CC2)c(F)cc1NC1CCC(=O)NC1=O. The molecule has 1 unspecified atom stereocenters. The Bertz CT molecular complexity index is 1090. The van der Waals surface area contributed by atoms with Crippen molar-refractivity contribution in [1.29, 1.82) is 0 Å². The fourth-order valence-electron chi connectivity index (χ4n) is 4.37. The molecular weight excluding hydrogens is 567 g/mol. The van der Waals surface area contributed by atoms with Crippen LogP contribution in [0.2, 0.25) is 5.02 Å². The van der Waals surface area contributed by atoms with Crippen molar-refractivity contribution in [3.05, 3.63) is 50.1 Å². The Balaban J connectivity index is 1.48. The largest absolute Gasteiger partial charge is 0.495 e. The van der Waals surface area contributed by atoms with Crippen molar-refractivity contribution in [3.8, 4) is 5.75 Å². The molecule has 2 N–H and O–H groups in total. The van der Waals surface area contributed by atoms with Gasteiger partial charge in [-0.25, -0.2) is 8.78 Å². The Hall–Kier alpha value is -2.14. The first-order valence-corrected chi connectivity index (χ1v) is 12.1. The van der Waals surface area contributed by atoms with Gasteiger partial charge in [-0.3, -0.25) is 14.9 Å². The summed E-state index contributed by atoms with van der Waals surface area (Å²) in [5.41, 5.74) is 1.35. The Labute approximate surface area is 209 Å². The molecule has 0 saturated carbocycles. The van der Waals surface area contributed by atoms with E-state index in [2.05, 4.69) is 10.6 Å². The summed E-state index contributed by atoms with van der Waals surface area (Å²) in [5, 5.41) is 5.78. The van der Waals surface area contributed by atoms with Crippen LogP contribution in [-0.4, -0.2) is 38.1 Å². The fourth-order valence-corrected chi connectivity index (χ4v) is 4.96. The molecule has 176 valence electrons. The third-order valence-electron chi connectivity index (χ3n) is 6.15. The highest BCUT2D eigenvalue weighted by Gasteiger charge is 2.29. The minimum Gasteiger partial charge on any atom is -0.495 e. The number of amides is 2. The van der Waals surface area contributed by atoms with Crippen LogP contribution in [0.1, 0.15) is 37.2 Å². The number of carbonyl (C=O) groups excluding carboxylic acids is 2. The van der Waals surface area contributed by atoms with E-state index in [1.807, 2.05) is 27.5 Å². The quantitative estimate of drug-likeness (QED) is 0.297. The number of hydrogen-bond donors (Lipinski definition) is 2. The Kier molecular flexibility index (Phi) is 7.28. The summed E-state index contributed by atoms with van der Waals surface area (Å²) in [6.07, 6.45) is 1.83. The highest BCUT2D eigenvalue weighted by molar-refractivity contribution is 14.1. The second kappa shape index (κ2) is 10.0. The molecule has 0 radical (unpaired) electrons. The smallest absolute Gasteiger partial charge is 0.249 e. The third kappa shape index (κ3) is 5.18. The lowest BCUT2D eigenvalue weighted by Gasteiger charge is -2.34. The van der Waals surface area contributed by atoms with E-state index in [1.165, 1.54) is 19.2 Å². The first-order valence-electron chi connectivity index (χ1n) is 10.6. The van der Waals surface area contributed by atoms with E-state index in [1.54, 1.807) is 12.1 Å². The van der Waals surface area contributed by atoms with Crippen LogP contribution in [0.5, 0.6) is 5.75 Å². The van der Waals surface area contributed by atoms with Crippen molar-refractivity contribution in [2.24, 2.45) is 0 Å². The number of nitrogens with one attached hydrogen (secondary N) is 2. The van der Waals surface area contributed by atoms with Gasteiger partial charge < -0.3 is 15.0 Å². The van der Waals surface area contributed by atoms with Gasteiger partial charge in [0.05, 0.1) is 23.5 Å². The summed E-state index contributed by atoms with van der Waals surface area (Å²) in [6, 6.07) is 5.41. The molecule has 0 spiro atoms. The zero-order chi connectivity index (χ0) is 23.7. The van der Waals surface area contributed by atoms with E-state index in [-0.39, 0.29) is 24.1 Å². The lowest BCUT2D eigenvalue weighted by atomic mass is 9.88. The number of methoxy groups -OCH3 is 1. The monoisotopic (exact) mass is 589 g/mol. The Morgan fingerprint density at radius 3 is 2.52 bits per heavy atom. The number of rotatable bonds is 5. The van der Waals surface area contributed by atoms with E-state index in [0.29, 0.717) is 63.6 Å². The Morgan fingerprint density at radius 2 is 1.85 bits per heavy atom. The normalized spacial score (nSPS) is 19.4. The number of nitrogens with zero attached hydrogens (tertiary/aromatic N) is 1. The molecule has 2 aliphatic heterocycles. The molecule has 0 aromatic heterocycles. The number of halogens is 4. The molecule has 2 aromatic carbocycles. The molecular formula is C23H23ClF2IN3O3. The standard InChI is InChI=1S/C23H23ClF2IN3O3/c1-33-21-8-13(15(25)11-19(21)28-18-2-3-22(31)29-23(18)32)12-4-6-30(7-5-12)20-9-14(24)17(27)10-16(20)26/h8-12,18,28H,2-7H2,1H3,(H,29,31,32). The van der Waals surface area contributed by atoms with Gasteiger partial charge in [-0.05, 0) is 71.5 Å². The molecule has 0 aliphatic carbocycles. The maximum Gasteiger partial charge on any atom is 0.249 e. The van der Waals surface area contributed by atoms with Crippen molar-refractivity contribution >= 4 is 57.4 Å². The van der Waals surface area contributed by atoms with Crippen LogP contribution in [0.15, 0.2) is 24.3 Å². The van der Waals surface area contributed by atoms with Crippen molar-refractivity contribution in [2.45, 2.75) is 37.6 Å². The number of hydrogen-bond acceptors (Lipinski definition) is 5. The number of ether oxygens (including phenoxy) is 1. The van der Waals surface area contributed by atoms with Gasteiger partial charge in [0.1, 0.15) is 23.4 Å². The highest BCUT2D eigenvalue weighted by Crippen LogP contribution is 2.38. The van der Waals surface area contributed by atoms with Crippen LogP contribution in [-0.2, 0) is 9.59 Å². The third-order valence-corrected chi connectivity index (χ3v) is 7.68. The number of benzene rings is 2. The summed E-state index contributed by atoms with van der Waals surface area (Å²) < 4.78 is 35.7. The number of imide groups is 1. The molecule has 1 atom stereocenters. The average Bonchev–Trinajstić information content (AvgIpc) is 2.78. The Morgan fingerprint density at radius 1 is 1.12 bits per heavy atom. The van der Waals surface area contributed by atoms with Crippen LogP contribution >= 0.6 is 34.2 Å². The van der Waals surface area contributed by atoms with Crippen LogP contribution < -0.4 is 20.3 Å². The molecule has 2 fully saturated rings. The molecule has 2 aromatic rings. The van der Waals surface area contributed by atoms with Gasteiger partial charge in [0.15, 0.2) is 0 Å². The lowest BCUT2D eigenvalue weighted by molar-refractivity contribution is -0.133. The van der Waals surface area contributed by atoms with Gasteiger partial charge in [-0.15, -0.1) is 0 Å². The molecule has 4 rings (SSSR count). The van der Waals surface area contributed by atoms with Crippen LogP contribution in [0.25, 0.3) is 0 Å². The molecule has 33 heavy (non-hydrogen) atoms. The average molecular weight is 590 g/mol. The van der Waals surface area contributed by atoms with E-state index in [9.17, 15) is 14.0 Å². The van der Waals surface area contributed by atoms with Crippen LogP contribution in [0.4, 0.5) is 20.2 Å². The topological polar surface area (TPSA) is 70.7 Å². The van der Waals surface area contributed by atoms with Crippen LogP contribution in [0, 0.1) is 15.2 Å². The zero-order valence-electron chi connectivity index (χ0n) is 17.9. The molecule has 6 nitrogen and oxygen atoms in total. The first kappa shape index (κ1) is 24.0. The molecule has 0 bridgehead atoms. The summed E-state index contributed by atoms with van der Waals surface area (Å²) >= 11 is 8.17. The van der Waals surface area contributed by atoms with Crippen molar-refractivity contribution in [3.63, 3.8) is 0 Å². The predicted octanol–water partition coefficient (Wildman–Crippen LogP) is 4.83. The number of carbonyl (C=O) groups is 2. The van der Waals surface area contributed by atoms with Crippen molar-refractivity contribution in [2.75, 3.05) is 30.4 Å². The highest BCUT2D eigenvalue weighted by atomic mass is 127. The summed E-state index contributed by atoms with van der Waals surface area (Å²) in [5.74, 6) is -1.10. The van der Waals surface area contributed by atoms with Gasteiger partial charge in [0.2, 0.25) is 11.8 Å². The second-order valence-corrected chi connectivity index (χ2v) is 9.77. The van der Waals surface area contributed by atoms with E-state index in [4.69, 9.17) is 16.3 Å². The fraction of sp³-hybridized carbons (Fsp3) is 0.391. The molecule has 2 amide bonds. The second-order valence-electron chi connectivity index (χ2n) is 8.20. The summed E-state index contributed by atoms with van der Waals surface area (Å²) in [6.45, 7) is 1.13. The molecule has 10 heteroatoms. The minimum absolute atomic E-state index is 0.0535. The summed E-state index contributed by atoms with van der Waals surface area (Å²) in [7, 11) is 1.48. The number of piperidine rings is 2. The maximum absolute atomic E-state index is 15.1. The number of anilines is 2. The van der Waals surface area contributed by atoms with E-state index < -0.39 is 17.8 Å². The summed E-state index contributed by atoms with van der Waals surface area (Å²) in [4.78, 5) is 25.3. The molecule has 2 heterocycles. The maximum atomic E-state index is 15.1. The molecule has 2 saturated heterocycles. The van der Waals surface area contributed by atoms with Gasteiger partial charge in [-0.1, -0.05) is 11.6 Å². The van der Waals surface area contributed by atoms with Gasteiger partial charge in [-0.2, -0.15) is 0 Å². The van der Waals surface area contributed by atoms with Crippen molar-refractivity contribution < 1.29 is 23.1 Å². The van der Waals surface area contributed by atoms with Gasteiger partial charge in [0, 0.05) is 29.1 Å². The van der Waals surface area contributed by atoms with E-state index >= 15 is 4.39 Å². The van der Waals surface area contributed by atoms with Gasteiger partial charge >= 0.3 is 0 Å². The molecule has 2 aliphatic rings. The van der Waals surface area contributed by atoms with E-state index in [0.717, 1.165) is 0 Å². The first-order chi connectivity index (χ1) is 15.8. The van der Waals surface area contributed by atoms with Gasteiger partial charge in [0.25, 0.3) is 0 Å². The van der Waals surface area contributed by atoms with Crippen LogP contribution in [0.3, 0.4) is 0 Å². The van der Waals surface area contributed by atoms with Crippen molar-refractivity contribution in [1.82, 2.24) is 5.32 Å². The minimum atomic E-state index is -0.638. The predicted molar refractivity (Wildman–Crippen MR) is 131 cm³/mol. The lowest BCUT2D eigenvalue weighted by Crippen LogP contribution is -2.47. The zero-order valence-corrected chi connectivity index (χ0v) is 20.8.